The van der Waals surface area contributed by atoms with Crippen molar-refractivity contribution in [2.45, 2.75) is 13.8 Å². The highest BCUT2D eigenvalue weighted by Gasteiger charge is 2.17. The fourth-order valence-electron chi connectivity index (χ4n) is 3.48. The number of allylic oxidation sites excluding steroid dienone is 1. The smallest absolute Gasteiger partial charge is 0.270 e. The van der Waals surface area contributed by atoms with Crippen LogP contribution in [0.1, 0.15) is 22.5 Å². The van der Waals surface area contributed by atoms with Gasteiger partial charge in [0.1, 0.15) is 0 Å². The minimum absolute atomic E-state index is 0.0468. The molecule has 0 spiro atoms. The Bertz CT molecular complexity index is 1200. The lowest BCUT2D eigenvalue weighted by molar-refractivity contribution is -0.384. The largest absolute Gasteiger partial charge is 0.454 e. The number of fused-ring (bicyclic) bond motifs is 1. The fourth-order valence-corrected chi connectivity index (χ4v) is 3.48. The zero-order valence-corrected chi connectivity index (χ0v) is 15.9. The number of nitrogens with zero attached hydrogens (tertiary/aromatic N) is 3. The molecule has 0 saturated heterocycles. The van der Waals surface area contributed by atoms with Crippen LogP contribution in [0.15, 0.2) is 48.5 Å². The molecule has 7 nitrogen and oxygen atoms in total. The lowest BCUT2D eigenvalue weighted by atomic mass is 10.0. The van der Waals surface area contributed by atoms with Gasteiger partial charge in [-0.15, -0.1) is 0 Å². The molecular formula is C22H17N3O4. The first-order valence-electron chi connectivity index (χ1n) is 8.93. The van der Waals surface area contributed by atoms with Crippen LogP contribution in [0, 0.1) is 35.3 Å². The van der Waals surface area contributed by atoms with Crippen LogP contribution in [0.4, 0.5) is 5.69 Å². The molecule has 0 atom stereocenters. The summed E-state index contributed by atoms with van der Waals surface area (Å²) in [4.78, 5) is 10.6. The lowest BCUT2D eigenvalue weighted by Gasteiger charge is -2.10. The van der Waals surface area contributed by atoms with Crippen molar-refractivity contribution < 1.29 is 14.4 Å². The summed E-state index contributed by atoms with van der Waals surface area (Å²) in [6, 6.07) is 16.0. The third-order valence-electron chi connectivity index (χ3n) is 4.87. The van der Waals surface area contributed by atoms with Crippen LogP contribution in [0.25, 0.3) is 17.3 Å². The van der Waals surface area contributed by atoms with Crippen LogP contribution < -0.4 is 9.47 Å². The topological polar surface area (TPSA) is 90.3 Å². The summed E-state index contributed by atoms with van der Waals surface area (Å²) >= 11 is 0. The Kier molecular flexibility index (Phi) is 4.53. The monoisotopic (exact) mass is 387 g/mol. The van der Waals surface area contributed by atoms with Crippen LogP contribution >= 0.6 is 0 Å². The average Bonchev–Trinajstić information content (AvgIpc) is 3.29. The van der Waals surface area contributed by atoms with Gasteiger partial charge in [0, 0.05) is 35.3 Å². The SMILES string of the molecule is Cc1cc(/C=C(/C#N)c2cccc([N+](=O)[O-])c2)c(C)n1-c1ccc2c(c1)OCO2. The molecule has 0 saturated carbocycles. The number of non-ortho nitro benzene ring substituents is 1. The van der Waals surface area contributed by atoms with E-state index in [2.05, 4.69) is 10.6 Å². The molecule has 7 heteroatoms. The Morgan fingerprint density at radius 2 is 1.97 bits per heavy atom. The lowest BCUT2D eigenvalue weighted by Crippen LogP contribution is -1.99. The average molecular weight is 387 g/mol. The van der Waals surface area contributed by atoms with Gasteiger partial charge in [0.2, 0.25) is 6.79 Å². The van der Waals surface area contributed by atoms with Gasteiger partial charge in [0.05, 0.1) is 16.6 Å². The van der Waals surface area contributed by atoms with Gasteiger partial charge in [0.15, 0.2) is 11.5 Å². The van der Waals surface area contributed by atoms with Crippen molar-refractivity contribution in [1.29, 1.82) is 5.26 Å². The molecule has 0 bridgehead atoms. The number of rotatable bonds is 4. The molecule has 0 N–H and O–H groups in total. The second-order valence-corrected chi connectivity index (χ2v) is 6.68. The van der Waals surface area contributed by atoms with Crippen molar-refractivity contribution in [2.75, 3.05) is 6.79 Å². The summed E-state index contributed by atoms with van der Waals surface area (Å²) in [6.45, 7) is 4.16. The molecule has 1 aliphatic rings. The standard InChI is InChI=1S/C22H17N3O4/c1-14-8-17(9-18(12-23)16-4-3-5-20(10-16)25(26)27)15(2)24(14)19-6-7-21-22(11-19)29-13-28-21/h3-11H,13H2,1-2H3/b18-9-. The van der Waals surface area contributed by atoms with E-state index in [1.807, 2.05) is 38.1 Å². The second kappa shape index (κ2) is 7.17. The van der Waals surface area contributed by atoms with E-state index in [1.54, 1.807) is 18.2 Å². The number of hydrogen-bond donors (Lipinski definition) is 0. The molecule has 0 amide bonds. The first-order valence-corrected chi connectivity index (χ1v) is 8.93. The van der Waals surface area contributed by atoms with Crippen molar-refractivity contribution in [2.24, 2.45) is 0 Å². The summed E-state index contributed by atoms with van der Waals surface area (Å²) in [6.07, 6.45) is 1.75. The molecule has 1 aliphatic heterocycles. The molecule has 2 aromatic carbocycles. The van der Waals surface area contributed by atoms with Gasteiger partial charge in [0.25, 0.3) is 5.69 Å². The Labute approximate surface area is 167 Å². The first-order chi connectivity index (χ1) is 14.0. The Morgan fingerprint density at radius 1 is 1.17 bits per heavy atom. The Hall–Kier alpha value is -4.05. The maximum atomic E-state index is 11.0. The molecular weight excluding hydrogens is 370 g/mol. The number of nitro groups is 1. The third kappa shape index (κ3) is 3.32. The van der Waals surface area contributed by atoms with E-state index in [4.69, 9.17) is 9.47 Å². The molecule has 2 heterocycles. The van der Waals surface area contributed by atoms with Gasteiger partial charge >= 0.3 is 0 Å². The van der Waals surface area contributed by atoms with E-state index in [9.17, 15) is 15.4 Å². The Morgan fingerprint density at radius 3 is 2.72 bits per heavy atom. The summed E-state index contributed by atoms with van der Waals surface area (Å²) in [5.41, 5.74) is 4.55. The minimum atomic E-state index is -0.468. The molecule has 29 heavy (non-hydrogen) atoms. The van der Waals surface area contributed by atoms with Gasteiger partial charge in [-0.2, -0.15) is 5.26 Å². The normalized spacial score (nSPS) is 12.7. The van der Waals surface area contributed by atoms with Crippen molar-refractivity contribution >= 4 is 17.3 Å². The molecule has 4 rings (SSSR count). The molecule has 1 aromatic heterocycles. The highest BCUT2D eigenvalue weighted by Crippen LogP contribution is 2.35. The first kappa shape index (κ1) is 18.3. The fraction of sp³-hybridized carbons (Fsp3) is 0.136. The van der Waals surface area contributed by atoms with Crippen LogP contribution in [0.2, 0.25) is 0 Å². The van der Waals surface area contributed by atoms with E-state index >= 15 is 0 Å². The number of ether oxygens (including phenoxy) is 2. The van der Waals surface area contributed by atoms with Crippen LogP contribution in [0.5, 0.6) is 11.5 Å². The molecule has 0 fully saturated rings. The van der Waals surface area contributed by atoms with Crippen LogP contribution in [0.3, 0.4) is 0 Å². The molecule has 0 unspecified atom stereocenters. The highest BCUT2D eigenvalue weighted by atomic mass is 16.7. The minimum Gasteiger partial charge on any atom is -0.454 e. The van der Waals surface area contributed by atoms with Crippen LogP contribution in [-0.4, -0.2) is 16.3 Å². The maximum absolute atomic E-state index is 11.0. The number of aromatic nitrogens is 1. The summed E-state index contributed by atoms with van der Waals surface area (Å²) in [5.74, 6) is 1.41. The predicted octanol–water partition coefficient (Wildman–Crippen LogP) is 4.80. The van der Waals surface area contributed by atoms with Crippen molar-refractivity contribution in [3.63, 3.8) is 0 Å². The zero-order chi connectivity index (χ0) is 20.5. The molecule has 3 aromatic rings. The molecule has 144 valence electrons. The number of aryl methyl sites for hydroxylation is 1. The quantitative estimate of drug-likeness (QED) is 0.364. The maximum Gasteiger partial charge on any atom is 0.270 e. The van der Waals surface area contributed by atoms with Gasteiger partial charge in [-0.1, -0.05) is 12.1 Å². The Balaban J connectivity index is 1.76. The molecule has 0 radical (unpaired) electrons. The van der Waals surface area contributed by atoms with Gasteiger partial charge in [-0.3, -0.25) is 10.1 Å². The van der Waals surface area contributed by atoms with Crippen molar-refractivity contribution in [3.8, 4) is 23.3 Å². The second-order valence-electron chi connectivity index (χ2n) is 6.68. The van der Waals surface area contributed by atoms with Crippen molar-refractivity contribution in [3.05, 3.63) is 81.2 Å². The highest BCUT2D eigenvalue weighted by molar-refractivity contribution is 5.90. The van der Waals surface area contributed by atoms with E-state index in [1.165, 1.54) is 12.1 Å². The summed E-state index contributed by atoms with van der Waals surface area (Å²) in [7, 11) is 0. The summed E-state index contributed by atoms with van der Waals surface area (Å²) < 4.78 is 12.9. The van der Waals surface area contributed by atoms with Crippen molar-refractivity contribution in [1.82, 2.24) is 4.57 Å². The number of hydrogen-bond acceptors (Lipinski definition) is 5. The third-order valence-corrected chi connectivity index (χ3v) is 4.87. The summed E-state index contributed by atoms with van der Waals surface area (Å²) in [5, 5.41) is 20.7. The van der Waals surface area contributed by atoms with Gasteiger partial charge < -0.3 is 14.0 Å². The zero-order valence-electron chi connectivity index (χ0n) is 15.9. The van der Waals surface area contributed by atoms with E-state index in [-0.39, 0.29) is 12.5 Å². The predicted molar refractivity (Wildman–Crippen MR) is 108 cm³/mol. The van der Waals surface area contributed by atoms with E-state index in [0.717, 1.165) is 22.6 Å². The number of benzene rings is 2. The van der Waals surface area contributed by atoms with Gasteiger partial charge in [-0.25, -0.2) is 0 Å². The van der Waals surface area contributed by atoms with Crippen LogP contribution in [-0.2, 0) is 0 Å². The number of nitriles is 1. The van der Waals surface area contributed by atoms with E-state index in [0.29, 0.717) is 22.6 Å². The van der Waals surface area contributed by atoms with Gasteiger partial charge in [-0.05, 0) is 49.2 Å². The number of nitro benzene ring substituents is 1. The molecule has 0 aliphatic carbocycles. The van der Waals surface area contributed by atoms with E-state index < -0.39 is 4.92 Å².